The number of likely N-dealkylation sites (N-methyl/N-ethyl adjacent to an activating group) is 1. The summed E-state index contributed by atoms with van der Waals surface area (Å²) >= 11 is 0. The Balaban J connectivity index is 2.47. The Labute approximate surface area is 114 Å². The van der Waals surface area contributed by atoms with Gasteiger partial charge in [-0.15, -0.1) is 0 Å². The molecule has 1 atom stereocenters. The molecule has 1 saturated heterocycles. The molecule has 106 valence electrons. The summed E-state index contributed by atoms with van der Waals surface area (Å²) in [6.45, 7) is 4.60. The van der Waals surface area contributed by atoms with Crippen molar-refractivity contribution in [2.24, 2.45) is 0 Å². The van der Waals surface area contributed by atoms with Crippen LogP contribution in [0.4, 0.5) is 5.69 Å². The van der Waals surface area contributed by atoms with Gasteiger partial charge in [0.25, 0.3) is 0 Å². The van der Waals surface area contributed by atoms with E-state index in [0.29, 0.717) is 29.4 Å². The fourth-order valence-corrected chi connectivity index (χ4v) is 4.21. The van der Waals surface area contributed by atoms with Gasteiger partial charge in [-0.3, -0.25) is 0 Å². The molecule has 5 nitrogen and oxygen atoms in total. The summed E-state index contributed by atoms with van der Waals surface area (Å²) < 4.78 is 32.1. The first-order valence-electron chi connectivity index (χ1n) is 6.27. The highest BCUT2D eigenvalue weighted by molar-refractivity contribution is 7.89. The van der Waals surface area contributed by atoms with Crippen molar-refractivity contribution in [1.29, 1.82) is 0 Å². The topological polar surface area (TPSA) is 72.6 Å². The second-order valence-corrected chi connectivity index (χ2v) is 6.90. The van der Waals surface area contributed by atoms with Crippen LogP contribution >= 0.6 is 0 Å². The number of hydrogen-bond donors (Lipinski definition) is 1. The first-order valence-corrected chi connectivity index (χ1v) is 7.71. The number of nitrogen functional groups attached to an aromatic ring is 1. The van der Waals surface area contributed by atoms with E-state index in [-0.39, 0.29) is 6.04 Å². The Bertz CT molecular complexity index is 578. The Morgan fingerprint density at radius 3 is 2.63 bits per heavy atom. The second kappa shape index (κ2) is 5.11. The van der Waals surface area contributed by atoms with E-state index < -0.39 is 10.0 Å². The highest BCUT2D eigenvalue weighted by Gasteiger charge is 2.32. The van der Waals surface area contributed by atoms with Crippen LogP contribution in [0.2, 0.25) is 0 Å². The number of rotatable bonds is 3. The van der Waals surface area contributed by atoms with Gasteiger partial charge in [-0.05, 0) is 37.5 Å². The molecular weight excluding hydrogens is 264 g/mol. The summed E-state index contributed by atoms with van der Waals surface area (Å²) in [5, 5.41) is 0. The minimum Gasteiger partial charge on any atom is -0.398 e. The molecule has 19 heavy (non-hydrogen) atoms. The molecule has 1 aromatic carbocycles. The maximum absolute atomic E-state index is 12.7. The smallest absolute Gasteiger partial charge is 0.243 e. The lowest BCUT2D eigenvalue weighted by Gasteiger charge is -2.24. The van der Waals surface area contributed by atoms with E-state index in [1.165, 1.54) is 4.31 Å². The molecule has 6 heteroatoms. The van der Waals surface area contributed by atoms with Crippen molar-refractivity contribution >= 4 is 15.7 Å². The van der Waals surface area contributed by atoms with E-state index in [2.05, 4.69) is 0 Å². The van der Waals surface area contributed by atoms with E-state index >= 15 is 0 Å². The van der Waals surface area contributed by atoms with Gasteiger partial charge in [-0.2, -0.15) is 4.31 Å². The predicted octanol–water partition coefficient (Wildman–Crippen LogP) is 1.30. The molecule has 0 aromatic heterocycles. The monoisotopic (exact) mass is 284 g/mol. The average Bonchev–Trinajstić information content (AvgIpc) is 2.86. The summed E-state index contributed by atoms with van der Waals surface area (Å²) in [6.07, 6.45) is 0.732. The molecule has 0 saturated carbocycles. The molecule has 2 rings (SSSR count). The van der Waals surface area contributed by atoms with E-state index in [4.69, 9.17) is 10.5 Å². The van der Waals surface area contributed by atoms with Crippen LogP contribution in [0.25, 0.3) is 0 Å². The van der Waals surface area contributed by atoms with Crippen LogP contribution in [0.5, 0.6) is 0 Å². The van der Waals surface area contributed by atoms with Crippen LogP contribution < -0.4 is 5.73 Å². The number of hydrogen-bond acceptors (Lipinski definition) is 4. The van der Waals surface area contributed by atoms with Crippen molar-refractivity contribution in [3.63, 3.8) is 0 Å². The molecule has 1 aromatic rings. The number of aryl methyl sites for hydroxylation is 1. The molecule has 1 aliphatic rings. The van der Waals surface area contributed by atoms with Gasteiger partial charge in [0.2, 0.25) is 10.0 Å². The van der Waals surface area contributed by atoms with Crippen LogP contribution in [-0.4, -0.2) is 39.0 Å². The Morgan fingerprint density at radius 2 is 2.05 bits per heavy atom. The molecule has 0 aliphatic carbocycles. The summed E-state index contributed by atoms with van der Waals surface area (Å²) in [5.41, 5.74) is 7.67. The third-order valence-electron chi connectivity index (χ3n) is 3.70. The number of benzene rings is 1. The number of ether oxygens (including phenoxy) is 1. The van der Waals surface area contributed by atoms with Gasteiger partial charge in [0.1, 0.15) is 0 Å². The zero-order valence-electron chi connectivity index (χ0n) is 11.5. The third-order valence-corrected chi connectivity index (χ3v) is 5.90. The van der Waals surface area contributed by atoms with Gasteiger partial charge in [-0.25, -0.2) is 8.42 Å². The van der Waals surface area contributed by atoms with Crippen LogP contribution in [0.3, 0.4) is 0 Å². The molecule has 1 aliphatic heterocycles. The first-order chi connectivity index (χ1) is 8.85. The molecule has 1 fully saturated rings. The molecule has 0 spiro atoms. The van der Waals surface area contributed by atoms with Crippen LogP contribution in [0.1, 0.15) is 17.5 Å². The highest BCUT2D eigenvalue weighted by Crippen LogP contribution is 2.29. The summed E-state index contributed by atoms with van der Waals surface area (Å²) in [7, 11) is -1.93. The lowest BCUT2D eigenvalue weighted by Crippen LogP contribution is -2.38. The van der Waals surface area contributed by atoms with Crippen molar-refractivity contribution < 1.29 is 13.2 Å². The number of nitrogens with zero attached hydrogens (tertiary/aromatic N) is 1. The van der Waals surface area contributed by atoms with E-state index in [1.807, 2.05) is 0 Å². The molecular formula is C13H20N2O3S. The number of nitrogens with two attached hydrogens (primary N) is 1. The zero-order valence-corrected chi connectivity index (χ0v) is 12.3. The van der Waals surface area contributed by atoms with Crippen molar-refractivity contribution in [1.82, 2.24) is 4.31 Å². The minimum absolute atomic E-state index is 0.0924. The van der Waals surface area contributed by atoms with Gasteiger partial charge in [-0.1, -0.05) is 6.07 Å². The summed E-state index contributed by atoms with van der Waals surface area (Å²) in [5.74, 6) is 0. The van der Waals surface area contributed by atoms with E-state index in [1.54, 1.807) is 33.0 Å². The fraction of sp³-hybridized carbons (Fsp3) is 0.538. The highest BCUT2D eigenvalue weighted by atomic mass is 32.2. The first kappa shape index (κ1) is 14.3. The second-order valence-electron chi connectivity index (χ2n) is 4.96. The number of anilines is 1. The normalized spacial score (nSPS) is 20.1. The molecule has 0 amide bonds. The Hall–Kier alpha value is -1.11. The van der Waals surface area contributed by atoms with Crippen LogP contribution in [-0.2, 0) is 14.8 Å². The predicted molar refractivity (Wildman–Crippen MR) is 74.5 cm³/mol. The summed E-state index contributed by atoms with van der Waals surface area (Å²) in [4.78, 5) is 0.321. The van der Waals surface area contributed by atoms with Crippen molar-refractivity contribution in [3.8, 4) is 0 Å². The van der Waals surface area contributed by atoms with Gasteiger partial charge in [0, 0.05) is 19.3 Å². The lowest BCUT2D eigenvalue weighted by atomic mass is 10.1. The third kappa shape index (κ3) is 2.48. The molecule has 1 unspecified atom stereocenters. The van der Waals surface area contributed by atoms with Gasteiger partial charge in [0.05, 0.1) is 17.5 Å². The summed E-state index contributed by atoms with van der Waals surface area (Å²) in [6, 6.07) is 3.39. The molecule has 0 radical (unpaired) electrons. The van der Waals surface area contributed by atoms with Crippen molar-refractivity contribution in [3.05, 3.63) is 23.3 Å². The Kier molecular flexibility index (Phi) is 3.85. The molecule has 2 N–H and O–H groups in total. The zero-order chi connectivity index (χ0) is 14.2. The standard InChI is InChI=1S/C13H20N2O3S/c1-9-4-5-12(14)10(2)13(9)19(16,17)15(3)11-6-7-18-8-11/h4-5,11H,6-8,14H2,1-3H3. The maximum Gasteiger partial charge on any atom is 0.243 e. The van der Waals surface area contributed by atoms with Crippen LogP contribution in [0, 0.1) is 13.8 Å². The van der Waals surface area contributed by atoms with Crippen LogP contribution in [0.15, 0.2) is 17.0 Å². The van der Waals surface area contributed by atoms with Gasteiger partial charge < -0.3 is 10.5 Å². The maximum atomic E-state index is 12.7. The minimum atomic E-state index is -3.53. The van der Waals surface area contributed by atoms with Gasteiger partial charge >= 0.3 is 0 Å². The van der Waals surface area contributed by atoms with E-state index in [9.17, 15) is 8.42 Å². The van der Waals surface area contributed by atoms with Gasteiger partial charge in [0.15, 0.2) is 0 Å². The SMILES string of the molecule is Cc1ccc(N)c(C)c1S(=O)(=O)N(C)C1CCOC1. The fourth-order valence-electron chi connectivity index (χ4n) is 2.39. The molecule has 1 heterocycles. The average molecular weight is 284 g/mol. The lowest BCUT2D eigenvalue weighted by molar-refractivity contribution is 0.181. The quantitative estimate of drug-likeness (QED) is 0.849. The largest absolute Gasteiger partial charge is 0.398 e. The van der Waals surface area contributed by atoms with E-state index in [0.717, 1.165) is 12.0 Å². The molecule has 0 bridgehead atoms. The van der Waals surface area contributed by atoms with Crippen molar-refractivity contribution in [2.45, 2.75) is 31.2 Å². The Morgan fingerprint density at radius 1 is 1.37 bits per heavy atom. The van der Waals surface area contributed by atoms with Crippen molar-refractivity contribution in [2.75, 3.05) is 26.0 Å². The number of sulfonamides is 1.